The van der Waals surface area contributed by atoms with Crippen molar-refractivity contribution in [3.05, 3.63) is 71.3 Å². The number of benzene rings is 2. The van der Waals surface area contributed by atoms with Gasteiger partial charge in [-0.15, -0.1) is 22.0 Å². The van der Waals surface area contributed by atoms with E-state index >= 15 is 0 Å². The number of halogens is 1. The summed E-state index contributed by atoms with van der Waals surface area (Å²) in [6.45, 7) is 4.76. The van der Waals surface area contributed by atoms with Crippen molar-refractivity contribution in [3.63, 3.8) is 0 Å². The average Bonchev–Trinajstić information content (AvgIpc) is 3.10. The zero-order valence-electron chi connectivity index (χ0n) is 16.4. The van der Waals surface area contributed by atoms with E-state index in [2.05, 4.69) is 15.5 Å². The summed E-state index contributed by atoms with van der Waals surface area (Å²) in [5, 5.41) is 12.2. The molecule has 152 valence electrons. The number of aryl methyl sites for hydroxylation is 1. The normalized spacial score (nSPS) is 10.9. The minimum absolute atomic E-state index is 0.0708. The molecule has 0 radical (unpaired) electrons. The molecule has 0 saturated heterocycles. The lowest BCUT2D eigenvalue weighted by Gasteiger charge is -2.08. The third-order valence-corrected chi connectivity index (χ3v) is 6.12. The van der Waals surface area contributed by atoms with Gasteiger partial charge >= 0.3 is 0 Å². The van der Waals surface area contributed by atoms with E-state index in [1.807, 2.05) is 42.7 Å². The van der Waals surface area contributed by atoms with E-state index in [1.165, 1.54) is 23.9 Å². The second kappa shape index (κ2) is 10.5. The van der Waals surface area contributed by atoms with Crippen LogP contribution in [-0.2, 0) is 22.8 Å². The van der Waals surface area contributed by atoms with Crippen LogP contribution >= 0.6 is 23.5 Å². The molecule has 0 aliphatic carbocycles. The Morgan fingerprint density at radius 2 is 1.93 bits per heavy atom. The average molecular weight is 431 g/mol. The number of anilines is 1. The topological polar surface area (TPSA) is 59.8 Å². The van der Waals surface area contributed by atoms with Crippen LogP contribution in [0.15, 0.2) is 53.7 Å². The monoisotopic (exact) mass is 430 g/mol. The van der Waals surface area contributed by atoms with Crippen molar-refractivity contribution in [2.45, 2.75) is 37.1 Å². The maximum atomic E-state index is 13.0. The van der Waals surface area contributed by atoms with E-state index in [0.717, 1.165) is 40.1 Å². The Bertz CT molecular complexity index is 960. The molecule has 8 heteroatoms. The number of thioether (sulfide) groups is 2. The molecular formula is C21H23FN4OS2. The Labute approximate surface area is 178 Å². The van der Waals surface area contributed by atoms with Crippen LogP contribution in [0, 0.1) is 12.7 Å². The van der Waals surface area contributed by atoms with Crippen LogP contribution in [0.4, 0.5) is 10.1 Å². The molecule has 29 heavy (non-hydrogen) atoms. The lowest BCUT2D eigenvalue weighted by atomic mass is 10.2. The van der Waals surface area contributed by atoms with Crippen LogP contribution in [-0.4, -0.2) is 26.4 Å². The number of amides is 1. The minimum Gasteiger partial charge on any atom is -0.325 e. The van der Waals surface area contributed by atoms with Gasteiger partial charge in [-0.05, 0) is 49.2 Å². The van der Waals surface area contributed by atoms with Crippen LogP contribution in [0.5, 0.6) is 0 Å². The van der Waals surface area contributed by atoms with Gasteiger partial charge in [-0.3, -0.25) is 4.79 Å². The molecular weight excluding hydrogens is 407 g/mol. The fourth-order valence-electron chi connectivity index (χ4n) is 2.74. The molecule has 1 N–H and O–H groups in total. The molecule has 0 spiro atoms. The molecule has 1 heterocycles. The number of hydrogen-bond acceptors (Lipinski definition) is 5. The number of rotatable bonds is 9. The minimum atomic E-state index is -0.224. The molecule has 0 bridgehead atoms. The SMILES string of the molecule is CCn1c(CSCc2ccc(F)cc2)nnc1SCC(=O)Nc1cccc(C)c1. The van der Waals surface area contributed by atoms with Gasteiger partial charge in [0.1, 0.15) is 11.6 Å². The summed E-state index contributed by atoms with van der Waals surface area (Å²) >= 11 is 3.08. The summed E-state index contributed by atoms with van der Waals surface area (Å²) in [5.74, 6) is 2.33. The van der Waals surface area contributed by atoms with E-state index in [0.29, 0.717) is 5.75 Å². The Kier molecular flexibility index (Phi) is 7.71. The van der Waals surface area contributed by atoms with Gasteiger partial charge in [-0.2, -0.15) is 0 Å². The molecule has 2 aromatic carbocycles. The van der Waals surface area contributed by atoms with E-state index < -0.39 is 0 Å². The molecule has 5 nitrogen and oxygen atoms in total. The molecule has 1 amide bonds. The predicted molar refractivity (Wildman–Crippen MR) is 118 cm³/mol. The van der Waals surface area contributed by atoms with Crippen molar-refractivity contribution in [2.24, 2.45) is 0 Å². The molecule has 1 aromatic heterocycles. The largest absolute Gasteiger partial charge is 0.325 e. The molecule has 0 atom stereocenters. The van der Waals surface area contributed by atoms with Crippen molar-refractivity contribution in [2.75, 3.05) is 11.1 Å². The van der Waals surface area contributed by atoms with Crippen molar-refractivity contribution in [1.29, 1.82) is 0 Å². The molecule has 3 rings (SSSR count). The highest BCUT2D eigenvalue weighted by molar-refractivity contribution is 7.99. The smallest absolute Gasteiger partial charge is 0.234 e. The first kappa shape index (κ1) is 21.4. The Balaban J connectivity index is 1.51. The third-order valence-electron chi connectivity index (χ3n) is 4.16. The maximum Gasteiger partial charge on any atom is 0.234 e. The zero-order chi connectivity index (χ0) is 20.6. The number of carbonyl (C=O) groups is 1. The van der Waals surface area contributed by atoms with Gasteiger partial charge < -0.3 is 9.88 Å². The van der Waals surface area contributed by atoms with E-state index in [-0.39, 0.29) is 17.5 Å². The maximum absolute atomic E-state index is 13.0. The van der Waals surface area contributed by atoms with Gasteiger partial charge in [0.05, 0.1) is 11.5 Å². The number of carbonyl (C=O) groups excluding carboxylic acids is 1. The van der Waals surface area contributed by atoms with Gasteiger partial charge in [0.2, 0.25) is 5.91 Å². The van der Waals surface area contributed by atoms with Crippen LogP contribution in [0.1, 0.15) is 23.9 Å². The number of hydrogen-bond donors (Lipinski definition) is 1. The second-order valence-corrected chi connectivity index (χ2v) is 8.40. The molecule has 0 aliphatic rings. The van der Waals surface area contributed by atoms with E-state index in [9.17, 15) is 9.18 Å². The summed E-state index contributed by atoms with van der Waals surface area (Å²) in [5.41, 5.74) is 2.97. The number of nitrogens with one attached hydrogen (secondary N) is 1. The third kappa shape index (κ3) is 6.33. The summed E-state index contributed by atoms with van der Waals surface area (Å²) < 4.78 is 15.0. The Morgan fingerprint density at radius 1 is 1.14 bits per heavy atom. The first-order valence-electron chi connectivity index (χ1n) is 9.28. The van der Waals surface area contributed by atoms with Gasteiger partial charge in [0.15, 0.2) is 5.16 Å². The lowest BCUT2D eigenvalue weighted by Crippen LogP contribution is -2.14. The fourth-order valence-corrected chi connectivity index (χ4v) is 4.49. The molecule has 0 aliphatic heterocycles. The van der Waals surface area contributed by atoms with Crippen molar-refractivity contribution in [3.8, 4) is 0 Å². The zero-order valence-corrected chi connectivity index (χ0v) is 18.0. The van der Waals surface area contributed by atoms with Crippen LogP contribution in [0.2, 0.25) is 0 Å². The first-order chi connectivity index (χ1) is 14.0. The highest BCUT2D eigenvalue weighted by Crippen LogP contribution is 2.22. The van der Waals surface area contributed by atoms with Gasteiger partial charge in [-0.25, -0.2) is 4.39 Å². The summed E-state index contributed by atoms with van der Waals surface area (Å²) in [6, 6.07) is 14.3. The molecule has 3 aromatic rings. The number of aromatic nitrogens is 3. The summed E-state index contributed by atoms with van der Waals surface area (Å²) in [6.07, 6.45) is 0. The van der Waals surface area contributed by atoms with Crippen molar-refractivity contribution in [1.82, 2.24) is 14.8 Å². The van der Waals surface area contributed by atoms with E-state index in [1.54, 1.807) is 23.9 Å². The molecule has 0 unspecified atom stereocenters. The van der Waals surface area contributed by atoms with Gasteiger partial charge in [0, 0.05) is 18.0 Å². The lowest BCUT2D eigenvalue weighted by molar-refractivity contribution is -0.113. The van der Waals surface area contributed by atoms with Crippen LogP contribution in [0.25, 0.3) is 0 Å². The summed E-state index contributed by atoms with van der Waals surface area (Å²) in [7, 11) is 0. The highest BCUT2D eigenvalue weighted by atomic mass is 32.2. The van der Waals surface area contributed by atoms with Crippen LogP contribution < -0.4 is 5.32 Å². The van der Waals surface area contributed by atoms with Crippen molar-refractivity contribution < 1.29 is 9.18 Å². The number of nitrogens with zero attached hydrogens (tertiary/aromatic N) is 3. The van der Waals surface area contributed by atoms with Gasteiger partial charge in [0.25, 0.3) is 0 Å². The van der Waals surface area contributed by atoms with Crippen LogP contribution in [0.3, 0.4) is 0 Å². The second-order valence-electron chi connectivity index (χ2n) is 6.47. The standard InChI is InChI=1S/C21H23FN4OS2/c1-3-26-19(13-28-12-16-7-9-17(22)10-8-16)24-25-21(26)29-14-20(27)23-18-6-4-5-15(2)11-18/h4-11H,3,12-14H2,1-2H3,(H,23,27). The highest BCUT2D eigenvalue weighted by Gasteiger charge is 2.13. The predicted octanol–water partition coefficient (Wildman–Crippen LogP) is 4.91. The molecule has 0 fully saturated rings. The fraction of sp³-hybridized carbons (Fsp3) is 0.286. The summed E-state index contributed by atoms with van der Waals surface area (Å²) in [4.78, 5) is 12.2. The first-order valence-corrected chi connectivity index (χ1v) is 11.4. The quantitative estimate of drug-likeness (QED) is 0.489. The molecule has 0 saturated carbocycles. The Hall–Kier alpha value is -2.32. The van der Waals surface area contributed by atoms with Crippen molar-refractivity contribution >= 4 is 35.1 Å². The Morgan fingerprint density at radius 3 is 2.66 bits per heavy atom. The van der Waals surface area contributed by atoms with E-state index in [4.69, 9.17) is 0 Å². The van der Waals surface area contributed by atoms with Gasteiger partial charge in [-0.1, -0.05) is 36.0 Å².